The van der Waals surface area contributed by atoms with Gasteiger partial charge < -0.3 is 0 Å². The van der Waals surface area contributed by atoms with Gasteiger partial charge in [-0.25, -0.2) is 0 Å². The molecule has 1 aliphatic carbocycles. The SMILES string of the molecule is C=C(C)/C=C/C1=C(C)C(=C)CCC1(C)C. The van der Waals surface area contributed by atoms with Crippen molar-refractivity contribution in [1.29, 1.82) is 0 Å². The van der Waals surface area contributed by atoms with Gasteiger partial charge in [0.15, 0.2) is 0 Å². The molecule has 0 fully saturated rings. The fraction of sp³-hybridized carbons (Fsp3) is 0.467. The molecule has 0 aromatic carbocycles. The Morgan fingerprint density at radius 3 is 2.53 bits per heavy atom. The lowest BCUT2D eigenvalue weighted by Gasteiger charge is -2.34. The highest BCUT2D eigenvalue weighted by atomic mass is 14.3. The van der Waals surface area contributed by atoms with E-state index in [-0.39, 0.29) is 5.41 Å². The van der Waals surface area contributed by atoms with Gasteiger partial charge in [-0.3, -0.25) is 0 Å². The molecule has 0 aromatic rings. The maximum absolute atomic E-state index is 4.12. The third-order valence-electron chi connectivity index (χ3n) is 3.25. The predicted octanol–water partition coefficient (Wildman–Crippen LogP) is 4.81. The Hall–Kier alpha value is -1.04. The van der Waals surface area contributed by atoms with E-state index in [2.05, 4.69) is 46.1 Å². The molecule has 0 aliphatic heterocycles. The topological polar surface area (TPSA) is 0 Å². The van der Waals surface area contributed by atoms with E-state index in [1.165, 1.54) is 23.1 Å². The summed E-state index contributed by atoms with van der Waals surface area (Å²) in [6.45, 7) is 16.8. The average Bonchev–Trinajstić information content (AvgIpc) is 2.11. The summed E-state index contributed by atoms with van der Waals surface area (Å²) in [6, 6.07) is 0. The van der Waals surface area contributed by atoms with E-state index in [0.717, 1.165) is 12.0 Å². The van der Waals surface area contributed by atoms with Gasteiger partial charge in [0, 0.05) is 0 Å². The van der Waals surface area contributed by atoms with E-state index >= 15 is 0 Å². The molecule has 0 saturated heterocycles. The van der Waals surface area contributed by atoms with Gasteiger partial charge in [-0.15, -0.1) is 0 Å². The van der Waals surface area contributed by atoms with Gasteiger partial charge >= 0.3 is 0 Å². The Morgan fingerprint density at radius 2 is 2.00 bits per heavy atom. The molecule has 82 valence electrons. The lowest BCUT2D eigenvalue weighted by Crippen LogP contribution is -2.20. The molecular weight excluding hydrogens is 180 g/mol. The van der Waals surface area contributed by atoms with E-state index < -0.39 is 0 Å². The van der Waals surface area contributed by atoms with Crippen molar-refractivity contribution in [2.24, 2.45) is 5.41 Å². The van der Waals surface area contributed by atoms with E-state index in [1.54, 1.807) is 0 Å². The lowest BCUT2D eigenvalue weighted by molar-refractivity contribution is 0.401. The third-order valence-corrected chi connectivity index (χ3v) is 3.25. The summed E-state index contributed by atoms with van der Waals surface area (Å²) in [4.78, 5) is 0. The highest BCUT2D eigenvalue weighted by Crippen LogP contribution is 2.42. The molecule has 1 rings (SSSR count). The van der Waals surface area contributed by atoms with Gasteiger partial charge in [0.2, 0.25) is 0 Å². The Bertz CT molecular complexity index is 348. The zero-order valence-corrected chi connectivity index (χ0v) is 10.5. The average molecular weight is 202 g/mol. The zero-order valence-electron chi connectivity index (χ0n) is 10.5. The Labute approximate surface area is 94.1 Å². The summed E-state index contributed by atoms with van der Waals surface area (Å²) in [5, 5.41) is 0. The van der Waals surface area contributed by atoms with Gasteiger partial charge in [-0.2, -0.15) is 0 Å². The fourth-order valence-electron chi connectivity index (χ4n) is 2.06. The van der Waals surface area contributed by atoms with Gasteiger partial charge in [0.25, 0.3) is 0 Å². The standard InChI is InChI=1S/C15H22/c1-11(2)7-8-14-13(4)12(3)9-10-15(14,5)6/h7-8H,1,3,9-10H2,2,4-6H3/b8-7+. The summed E-state index contributed by atoms with van der Waals surface area (Å²) in [5.41, 5.74) is 5.44. The molecule has 1 aliphatic rings. The van der Waals surface area contributed by atoms with Crippen LogP contribution in [0.5, 0.6) is 0 Å². The summed E-state index contributed by atoms with van der Waals surface area (Å²) in [5.74, 6) is 0. The Balaban J connectivity index is 3.12. The van der Waals surface area contributed by atoms with Crippen molar-refractivity contribution in [3.8, 4) is 0 Å². The summed E-state index contributed by atoms with van der Waals surface area (Å²) >= 11 is 0. The molecule has 0 spiro atoms. The van der Waals surface area contributed by atoms with Gasteiger partial charge in [-0.05, 0) is 43.3 Å². The van der Waals surface area contributed by atoms with Crippen molar-refractivity contribution >= 4 is 0 Å². The van der Waals surface area contributed by atoms with E-state index in [4.69, 9.17) is 0 Å². The second-order valence-electron chi connectivity index (χ2n) is 5.21. The van der Waals surface area contributed by atoms with Crippen molar-refractivity contribution in [3.63, 3.8) is 0 Å². The van der Waals surface area contributed by atoms with Crippen molar-refractivity contribution in [3.05, 3.63) is 47.6 Å². The predicted molar refractivity (Wildman–Crippen MR) is 68.8 cm³/mol. The van der Waals surface area contributed by atoms with Gasteiger partial charge in [-0.1, -0.05) is 50.3 Å². The van der Waals surface area contributed by atoms with Crippen LogP contribution in [0.3, 0.4) is 0 Å². The second-order valence-corrected chi connectivity index (χ2v) is 5.21. The highest BCUT2D eigenvalue weighted by Gasteiger charge is 2.27. The molecular formula is C15H22. The van der Waals surface area contributed by atoms with Crippen LogP contribution in [0.25, 0.3) is 0 Å². The second kappa shape index (κ2) is 4.22. The smallest absolute Gasteiger partial charge is 0.00977 e. The Kier molecular flexibility index (Phi) is 3.38. The van der Waals surface area contributed by atoms with Crippen molar-refractivity contribution in [2.45, 2.75) is 40.5 Å². The van der Waals surface area contributed by atoms with E-state index in [9.17, 15) is 0 Å². The van der Waals surface area contributed by atoms with Crippen LogP contribution >= 0.6 is 0 Å². The number of allylic oxidation sites excluding steroid dienone is 6. The van der Waals surface area contributed by atoms with E-state index in [1.807, 2.05) is 6.92 Å². The van der Waals surface area contributed by atoms with Crippen molar-refractivity contribution in [1.82, 2.24) is 0 Å². The minimum atomic E-state index is 0.275. The maximum Gasteiger partial charge on any atom is -0.00977 e. The van der Waals surface area contributed by atoms with Crippen LogP contribution in [0.15, 0.2) is 47.6 Å². The molecule has 0 heteroatoms. The fourth-order valence-corrected chi connectivity index (χ4v) is 2.06. The monoisotopic (exact) mass is 202 g/mol. The normalized spacial score (nSPS) is 21.2. The minimum Gasteiger partial charge on any atom is -0.0961 e. The Morgan fingerprint density at radius 1 is 1.40 bits per heavy atom. The molecule has 0 unspecified atom stereocenters. The van der Waals surface area contributed by atoms with Gasteiger partial charge in [0.1, 0.15) is 0 Å². The molecule has 0 N–H and O–H groups in total. The molecule has 0 saturated carbocycles. The molecule has 0 aromatic heterocycles. The molecule has 0 heterocycles. The summed E-state index contributed by atoms with van der Waals surface area (Å²) in [7, 11) is 0. The van der Waals surface area contributed by atoms with Crippen LogP contribution < -0.4 is 0 Å². The van der Waals surface area contributed by atoms with Crippen LogP contribution in [-0.4, -0.2) is 0 Å². The maximum atomic E-state index is 4.12. The molecule has 0 nitrogen and oxygen atoms in total. The van der Waals surface area contributed by atoms with Crippen molar-refractivity contribution < 1.29 is 0 Å². The first-order chi connectivity index (χ1) is 6.84. The largest absolute Gasteiger partial charge is 0.0961 e. The highest BCUT2D eigenvalue weighted by molar-refractivity contribution is 5.44. The van der Waals surface area contributed by atoms with Gasteiger partial charge in [0.05, 0.1) is 0 Å². The molecule has 0 amide bonds. The first-order valence-electron chi connectivity index (χ1n) is 5.57. The first kappa shape index (κ1) is 12.0. The first-order valence-corrected chi connectivity index (χ1v) is 5.57. The summed E-state index contributed by atoms with van der Waals surface area (Å²) < 4.78 is 0. The zero-order chi connectivity index (χ0) is 11.6. The lowest BCUT2D eigenvalue weighted by atomic mass is 9.71. The third kappa shape index (κ3) is 2.71. The van der Waals surface area contributed by atoms with Crippen molar-refractivity contribution in [2.75, 3.05) is 0 Å². The number of rotatable bonds is 2. The van der Waals surface area contributed by atoms with Crippen LogP contribution in [0.1, 0.15) is 40.5 Å². The van der Waals surface area contributed by atoms with E-state index in [0.29, 0.717) is 0 Å². The minimum absolute atomic E-state index is 0.275. The number of hydrogen-bond donors (Lipinski definition) is 0. The van der Waals surface area contributed by atoms with Crippen LogP contribution in [0, 0.1) is 5.41 Å². The molecule has 15 heavy (non-hydrogen) atoms. The molecule has 0 atom stereocenters. The molecule has 0 radical (unpaired) electrons. The summed E-state index contributed by atoms with van der Waals surface area (Å²) in [6.07, 6.45) is 6.63. The van der Waals surface area contributed by atoms with Crippen LogP contribution in [-0.2, 0) is 0 Å². The quantitative estimate of drug-likeness (QED) is 0.564. The number of hydrogen-bond acceptors (Lipinski definition) is 0. The van der Waals surface area contributed by atoms with Crippen LogP contribution in [0.2, 0.25) is 0 Å². The van der Waals surface area contributed by atoms with Crippen LogP contribution in [0.4, 0.5) is 0 Å². The molecule has 0 bridgehead atoms.